The van der Waals surface area contributed by atoms with Crippen LogP contribution < -0.4 is 4.74 Å². The Balaban J connectivity index is 1.83. The molecule has 2 aromatic rings. The van der Waals surface area contributed by atoms with Crippen LogP contribution in [-0.4, -0.2) is 18.5 Å². The highest BCUT2D eigenvalue weighted by Crippen LogP contribution is 2.20. The van der Waals surface area contributed by atoms with Gasteiger partial charge in [-0.05, 0) is 42.8 Å². The van der Waals surface area contributed by atoms with Crippen LogP contribution in [-0.2, 0) is 9.53 Å². The topological polar surface area (TPSA) is 61.0 Å². The Kier molecular flexibility index (Phi) is 3.55. The first-order valence-electron chi connectivity index (χ1n) is 6.55. The molecule has 0 N–H and O–H groups in total. The molecule has 21 heavy (non-hydrogen) atoms. The van der Waals surface area contributed by atoms with Gasteiger partial charge in [-0.1, -0.05) is 12.1 Å². The Morgan fingerprint density at radius 1 is 1.24 bits per heavy atom. The van der Waals surface area contributed by atoms with Crippen LogP contribution in [0.15, 0.2) is 57.8 Å². The number of furan rings is 1. The van der Waals surface area contributed by atoms with Crippen molar-refractivity contribution >= 4 is 17.9 Å². The Labute approximate surface area is 121 Å². The van der Waals surface area contributed by atoms with Gasteiger partial charge in [0.15, 0.2) is 11.5 Å². The van der Waals surface area contributed by atoms with Gasteiger partial charge in [-0.25, -0.2) is 9.79 Å². The van der Waals surface area contributed by atoms with E-state index in [9.17, 15) is 4.79 Å². The molecule has 0 saturated carbocycles. The summed E-state index contributed by atoms with van der Waals surface area (Å²) < 4.78 is 15.6. The lowest BCUT2D eigenvalue weighted by Crippen LogP contribution is -2.04. The number of ether oxygens (including phenoxy) is 2. The second kappa shape index (κ2) is 5.66. The van der Waals surface area contributed by atoms with E-state index in [-0.39, 0.29) is 11.6 Å². The Hall–Kier alpha value is -2.82. The summed E-state index contributed by atoms with van der Waals surface area (Å²) in [4.78, 5) is 15.9. The van der Waals surface area contributed by atoms with Crippen LogP contribution in [0.3, 0.4) is 0 Å². The van der Waals surface area contributed by atoms with Crippen molar-refractivity contribution in [2.75, 3.05) is 6.61 Å². The van der Waals surface area contributed by atoms with E-state index in [1.165, 1.54) is 6.26 Å². The van der Waals surface area contributed by atoms with Crippen molar-refractivity contribution in [2.24, 2.45) is 4.99 Å². The summed E-state index contributed by atoms with van der Waals surface area (Å²) in [5.41, 5.74) is 1.08. The molecule has 0 amide bonds. The van der Waals surface area contributed by atoms with E-state index < -0.39 is 5.97 Å². The highest BCUT2D eigenvalue weighted by Gasteiger charge is 2.25. The van der Waals surface area contributed by atoms with Crippen LogP contribution >= 0.6 is 0 Å². The summed E-state index contributed by atoms with van der Waals surface area (Å²) >= 11 is 0. The Morgan fingerprint density at radius 2 is 2.05 bits per heavy atom. The zero-order valence-corrected chi connectivity index (χ0v) is 11.4. The van der Waals surface area contributed by atoms with Gasteiger partial charge in [0, 0.05) is 0 Å². The van der Waals surface area contributed by atoms with Crippen LogP contribution in [0.4, 0.5) is 0 Å². The minimum absolute atomic E-state index is 0.183. The van der Waals surface area contributed by atoms with Crippen molar-refractivity contribution in [3.8, 4) is 5.75 Å². The van der Waals surface area contributed by atoms with Gasteiger partial charge >= 0.3 is 5.97 Å². The minimum Gasteiger partial charge on any atom is -0.494 e. The highest BCUT2D eigenvalue weighted by molar-refractivity contribution is 6.11. The van der Waals surface area contributed by atoms with E-state index in [0.717, 1.165) is 11.3 Å². The summed E-state index contributed by atoms with van der Waals surface area (Å²) in [6.07, 6.45) is 3.16. The number of carbonyl (C=O) groups is 1. The second-order valence-corrected chi connectivity index (χ2v) is 4.32. The summed E-state index contributed by atoms with van der Waals surface area (Å²) in [5.74, 6) is 0.907. The molecule has 1 aliphatic rings. The monoisotopic (exact) mass is 283 g/mol. The molecular formula is C16H13NO4. The lowest BCUT2D eigenvalue weighted by atomic mass is 10.2. The van der Waals surface area contributed by atoms with E-state index in [0.29, 0.717) is 12.4 Å². The van der Waals surface area contributed by atoms with E-state index >= 15 is 0 Å². The minimum atomic E-state index is -0.490. The third kappa shape index (κ3) is 2.86. The molecule has 0 fully saturated rings. The van der Waals surface area contributed by atoms with Gasteiger partial charge in [0.25, 0.3) is 5.90 Å². The molecule has 0 bridgehead atoms. The standard InChI is InChI=1S/C16H13NO4/c1-2-19-12-7-5-11(6-8-12)10-13-16(18)21-15(17-13)14-4-3-9-20-14/h3-10H,2H2,1H3/b13-10+. The first kappa shape index (κ1) is 13.2. The maximum atomic E-state index is 11.8. The maximum absolute atomic E-state index is 11.8. The number of cyclic esters (lactones) is 1. The second-order valence-electron chi connectivity index (χ2n) is 4.32. The molecule has 1 aliphatic heterocycles. The normalized spacial score (nSPS) is 16.0. The number of benzene rings is 1. The van der Waals surface area contributed by atoms with Crippen molar-refractivity contribution < 1.29 is 18.7 Å². The van der Waals surface area contributed by atoms with Gasteiger partial charge in [0.05, 0.1) is 12.9 Å². The average Bonchev–Trinajstić information content (AvgIpc) is 3.12. The fourth-order valence-corrected chi connectivity index (χ4v) is 1.90. The zero-order valence-electron chi connectivity index (χ0n) is 11.4. The molecule has 0 spiro atoms. The largest absolute Gasteiger partial charge is 0.494 e. The van der Waals surface area contributed by atoms with Gasteiger partial charge < -0.3 is 13.9 Å². The molecule has 1 aromatic carbocycles. The number of hydrogen-bond donors (Lipinski definition) is 0. The number of aliphatic imine (C=N–C) groups is 1. The summed E-state index contributed by atoms with van der Waals surface area (Å²) in [6.45, 7) is 2.54. The molecule has 106 valence electrons. The van der Waals surface area contributed by atoms with Gasteiger partial charge in [-0.2, -0.15) is 0 Å². The van der Waals surface area contributed by atoms with Crippen molar-refractivity contribution in [1.82, 2.24) is 0 Å². The molecule has 3 rings (SSSR count). The molecule has 2 heterocycles. The molecule has 5 heteroatoms. The number of nitrogens with zero attached hydrogens (tertiary/aromatic N) is 1. The fourth-order valence-electron chi connectivity index (χ4n) is 1.90. The van der Waals surface area contributed by atoms with Crippen LogP contribution in [0.25, 0.3) is 6.08 Å². The smallest absolute Gasteiger partial charge is 0.363 e. The Bertz CT molecular complexity index is 696. The maximum Gasteiger partial charge on any atom is 0.363 e. The van der Waals surface area contributed by atoms with Gasteiger partial charge in [-0.3, -0.25) is 0 Å². The number of esters is 1. The lowest BCUT2D eigenvalue weighted by Gasteiger charge is -2.02. The van der Waals surface area contributed by atoms with Crippen LogP contribution in [0.1, 0.15) is 18.2 Å². The molecule has 0 saturated heterocycles. The van der Waals surface area contributed by atoms with E-state index in [1.807, 2.05) is 31.2 Å². The quantitative estimate of drug-likeness (QED) is 0.639. The predicted octanol–water partition coefficient (Wildman–Crippen LogP) is 3.02. The van der Waals surface area contributed by atoms with Crippen molar-refractivity contribution in [3.05, 3.63) is 59.7 Å². The van der Waals surface area contributed by atoms with E-state index in [1.54, 1.807) is 18.2 Å². The van der Waals surface area contributed by atoms with Crippen molar-refractivity contribution in [2.45, 2.75) is 6.92 Å². The first-order valence-corrected chi connectivity index (χ1v) is 6.55. The average molecular weight is 283 g/mol. The van der Waals surface area contributed by atoms with Crippen LogP contribution in [0, 0.1) is 0 Å². The third-order valence-electron chi connectivity index (χ3n) is 2.85. The van der Waals surface area contributed by atoms with Gasteiger partial charge in [-0.15, -0.1) is 0 Å². The molecule has 0 radical (unpaired) electrons. The fraction of sp³-hybridized carbons (Fsp3) is 0.125. The molecule has 1 aromatic heterocycles. The number of hydrogen-bond acceptors (Lipinski definition) is 5. The number of carbonyl (C=O) groups excluding carboxylic acids is 1. The lowest BCUT2D eigenvalue weighted by molar-refractivity contribution is -0.130. The highest BCUT2D eigenvalue weighted by atomic mass is 16.6. The van der Waals surface area contributed by atoms with Gasteiger partial charge in [0.1, 0.15) is 5.75 Å². The van der Waals surface area contributed by atoms with Crippen LogP contribution in [0.2, 0.25) is 0 Å². The zero-order chi connectivity index (χ0) is 14.7. The van der Waals surface area contributed by atoms with E-state index in [2.05, 4.69) is 4.99 Å². The molecule has 0 aliphatic carbocycles. The third-order valence-corrected chi connectivity index (χ3v) is 2.85. The van der Waals surface area contributed by atoms with Gasteiger partial charge in [0.2, 0.25) is 0 Å². The molecule has 0 atom stereocenters. The van der Waals surface area contributed by atoms with Crippen LogP contribution in [0.5, 0.6) is 5.75 Å². The SMILES string of the molecule is CCOc1ccc(/C=C2/N=C(c3ccco3)OC2=O)cc1. The summed E-state index contributed by atoms with van der Waals surface area (Å²) in [7, 11) is 0. The number of rotatable bonds is 4. The molecule has 5 nitrogen and oxygen atoms in total. The molecule has 0 unspecified atom stereocenters. The summed E-state index contributed by atoms with van der Waals surface area (Å²) in [5, 5.41) is 0. The predicted molar refractivity (Wildman–Crippen MR) is 76.9 cm³/mol. The molecular weight excluding hydrogens is 270 g/mol. The first-order chi connectivity index (χ1) is 10.3. The van der Waals surface area contributed by atoms with E-state index in [4.69, 9.17) is 13.9 Å². The Morgan fingerprint density at radius 3 is 2.71 bits per heavy atom. The van der Waals surface area contributed by atoms with Crippen molar-refractivity contribution in [1.29, 1.82) is 0 Å². The summed E-state index contributed by atoms with van der Waals surface area (Å²) in [6, 6.07) is 10.8. The van der Waals surface area contributed by atoms with Crippen molar-refractivity contribution in [3.63, 3.8) is 0 Å².